The van der Waals surface area contributed by atoms with Gasteiger partial charge in [-0.15, -0.1) is 0 Å². The Kier molecular flexibility index (Phi) is 12.4. The Bertz CT molecular complexity index is 467. The van der Waals surface area contributed by atoms with Gasteiger partial charge in [0.05, 0.1) is 16.0 Å². The molecule has 1 heterocycles. The summed E-state index contributed by atoms with van der Waals surface area (Å²) in [6.07, 6.45) is 1.72. The van der Waals surface area contributed by atoms with Crippen LogP contribution in [0.5, 0.6) is 5.75 Å². The number of hydrogen-bond acceptors (Lipinski definition) is 4. The number of benzene rings is 1. The van der Waals surface area contributed by atoms with E-state index >= 15 is 0 Å². The molecule has 0 amide bonds. The van der Waals surface area contributed by atoms with Crippen molar-refractivity contribution in [1.29, 1.82) is 0 Å². The van der Waals surface area contributed by atoms with Crippen molar-refractivity contribution in [2.45, 2.75) is 20.4 Å². The van der Waals surface area contributed by atoms with Gasteiger partial charge in [0.15, 0.2) is 0 Å². The molecule has 1 saturated heterocycles. The number of rotatable bonds is 3. The van der Waals surface area contributed by atoms with Gasteiger partial charge in [-0.3, -0.25) is 4.90 Å². The fourth-order valence-electron chi connectivity index (χ4n) is 2.05. The van der Waals surface area contributed by atoms with Gasteiger partial charge < -0.3 is 10.4 Å². The van der Waals surface area contributed by atoms with Gasteiger partial charge >= 0.3 is 0 Å². The first kappa shape index (κ1) is 22.3. The summed E-state index contributed by atoms with van der Waals surface area (Å²) >= 11 is 5.88. The van der Waals surface area contributed by atoms with Crippen LogP contribution in [-0.4, -0.2) is 65.1 Å². The standard InChI is InChI=1S/C12H17ClN2O2S.C2H7N.C2H6/c1-18(17)15-6-4-14(5-7-15)9-10-2-3-12(16)11(13)8-10;1-3-2;1-2/h2-3,8,16H,4-7,9H2,1H3;3H,1-2H3;1-2H3. The van der Waals surface area contributed by atoms with E-state index in [0.717, 1.165) is 38.3 Å². The number of aromatic hydroxyl groups is 1. The smallest absolute Gasteiger partial charge is 0.134 e. The second kappa shape index (κ2) is 12.7. The van der Waals surface area contributed by atoms with E-state index in [0.29, 0.717) is 5.02 Å². The van der Waals surface area contributed by atoms with Crippen molar-refractivity contribution in [3.8, 4) is 5.75 Å². The van der Waals surface area contributed by atoms with Gasteiger partial charge in [0.25, 0.3) is 0 Å². The van der Waals surface area contributed by atoms with Crippen LogP contribution in [-0.2, 0) is 17.5 Å². The minimum absolute atomic E-state index is 0.117. The van der Waals surface area contributed by atoms with E-state index in [9.17, 15) is 9.32 Å². The molecule has 1 atom stereocenters. The zero-order valence-electron chi connectivity index (χ0n) is 14.8. The third kappa shape index (κ3) is 8.67. The van der Waals surface area contributed by atoms with Crippen LogP contribution in [0.4, 0.5) is 0 Å². The Morgan fingerprint density at radius 1 is 1.22 bits per heavy atom. The molecule has 1 unspecified atom stereocenters. The zero-order chi connectivity index (χ0) is 17.8. The maximum atomic E-state index is 11.3. The van der Waals surface area contributed by atoms with E-state index in [-0.39, 0.29) is 5.75 Å². The van der Waals surface area contributed by atoms with Crippen molar-refractivity contribution in [1.82, 2.24) is 14.5 Å². The highest BCUT2D eigenvalue weighted by atomic mass is 35.5. The van der Waals surface area contributed by atoms with Crippen LogP contribution in [0.25, 0.3) is 0 Å². The molecule has 0 saturated carbocycles. The van der Waals surface area contributed by atoms with Gasteiger partial charge in [-0.25, -0.2) is 8.51 Å². The first-order valence-corrected chi connectivity index (χ1v) is 9.74. The molecule has 1 aliphatic heterocycles. The summed E-state index contributed by atoms with van der Waals surface area (Å²) in [4.78, 5) is 2.30. The quantitative estimate of drug-likeness (QED) is 0.865. The lowest BCUT2D eigenvalue weighted by molar-refractivity contribution is 0.186. The summed E-state index contributed by atoms with van der Waals surface area (Å²) in [7, 11) is 2.88. The average molecular weight is 364 g/mol. The average Bonchev–Trinajstić information content (AvgIpc) is 2.54. The third-order valence-corrected chi connectivity index (χ3v) is 4.51. The normalized spacial score (nSPS) is 16.6. The molecular weight excluding hydrogens is 334 g/mol. The van der Waals surface area contributed by atoms with Crippen molar-refractivity contribution in [3.63, 3.8) is 0 Å². The summed E-state index contributed by atoms with van der Waals surface area (Å²) in [6, 6.07) is 5.29. The maximum Gasteiger partial charge on any atom is 0.134 e. The lowest BCUT2D eigenvalue weighted by Crippen LogP contribution is -2.46. The Labute approximate surface area is 148 Å². The monoisotopic (exact) mass is 363 g/mol. The highest BCUT2D eigenvalue weighted by molar-refractivity contribution is 7.81. The van der Waals surface area contributed by atoms with Gasteiger partial charge in [-0.1, -0.05) is 31.5 Å². The predicted molar refractivity (Wildman–Crippen MR) is 100 cm³/mol. The van der Waals surface area contributed by atoms with E-state index < -0.39 is 11.0 Å². The van der Waals surface area contributed by atoms with E-state index in [1.165, 1.54) is 0 Å². The molecule has 7 heteroatoms. The molecule has 134 valence electrons. The van der Waals surface area contributed by atoms with Gasteiger partial charge in [-0.05, 0) is 31.8 Å². The number of hydrogen-bond donors (Lipinski definition) is 2. The van der Waals surface area contributed by atoms with Gasteiger partial charge in [0.1, 0.15) is 5.75 Å². The molecule has 2 N–H and O–H groups in total. The molecule has 0 spiro atoms. The van der Waals surface area contributed by atoms with Crippen molar-refractivity contribution in [2.75, 3.05) is 46.5 Å². The largest absolute Gasteiger partial charge is 0.506 e. The molecule has 5 nitrogen and oxygen atoms in total. The lowest BCUT2D eigenvalue weighted by Gasteiger charge is -2.33. The molecule has 1 aliphatic rings. The van der Waals surface area contributed by atoms with Crippen LogP contribution in [0, 0.1) is 0 Å². The van der Waals surface area contributed by atoms with E-state index in [4.69, 9.17) is 11.6 Å². The van der Waals surface area contributed by atoms with Crippen LogP contribution >= 0.6 is 11.6 Å². The molecule has 0 aromatic heterocycles. The molecule has 23 heavy (non-hydrogen) atoms. The van der Waals surface area contributed by atoms with Crippen LogP contribution in [0.15, 0.2) is 18.2 Å². The third-order valence-electron chi connectivity index (χ3n) is 3.11. The molecule has 0 aliphatic carbocycles. The first-order chi connectivity index (χ1) is 11.0. The molecule has 0 bridgehead atoms. The summed E-state index contributed by atoms with van der Waals surface area (Å²) in [5, 5.41) is 12.5. The Morgan fingerprint density at radius 3 is 2.17 bits per heavy atom. The van der Waals surface area contributed by atoms with E-state index in [1.807, 2.05) is 38.3 Å². The van der Waals surface area contributed by atoms with E-state index in [1.54, 1.807) is 18.4 Å². The summed E-state index contributed by atoms with van der Waals surface area (Å²) in [5.74, 6) is 0.117. The molecular formula is C16H30ClN3O2S. The minimum atomic E-state index is -0.868. The van der Waals surface area contributed by atoms with Crippen molar-refractivity contribution < 1.29 is 9.32 Å². The first-order valence-electron chi connectivity index (χ1n) is 7.84. The van der Waals surface area contributed by atoms with E-state index in [2.05, 4.69) is 10.2 Å². The number of halogens is 1. The Morgan fingerprint density at radius 2 is 1.74 bits per heavy atom. The van der Waals surface area contributed by atoms with Crippen molar-refractivity contribution >= 4 is 22.6 Å². The second-order valence-corrected chi connectivity index (χ2v) is 6.69. The maximum absolute atomic E-state index is 11.3. The number of nitrogens with zero attached hydrogens (tertiary/aromatic N) is 2. The molecule has 1 aromatic carbocycles. The minimum Gasteiger partial charge on any atom is -0.506 e. The molecule has 2 rings (SSSR count). The van der Waals surface area contributed by atoms with Crippen molar-refractivity contribution in [2.24, 2.45) is 0 Å². The van der Waals surface area contributed by atoms with Crippen LogP contribution in [0.2, 0.25) is 5.02 Å². The molecule has 1 aromatic rings. The van der Waals surface area contributed by atoms with Gasteiger partial charge in [0, 0.05) is 39.0 Å². The second-order valence-electron chi connectivity index (χ2n) is 4.91. The topological polar surface area (TPSA) is 55.8 Å². The number of piperazine rings is 1. The van der Waals surface area contributed by atoms with Crippen LogP contribution in [0.3, 0.4) is 0 Å². The molecule has 1 fully saturated rings. The number of phenols is 1. The van der Waals surface area contributed by atoms with Gasteiger partial charge in [0.2, 0.25) is 0 Å². The van der Waals surface area contributed by atoms with Gasteiger partial charge in [-0.2, -0.15) is 0 Å². The molecule has 0 radical (unpaired) electrons. The van der Waals surface area contributed by atoms with Crippen LogP contribution in [0.1, 0.15) is 19.4 Å². The highest BCUT2D eigenvalue weighted by Gasteiger charge is 2.19. The fraction of sp³-hybridized carbons (Fsp3) is 0.625. The number of phenolic OH excluding ortho intramolecular Hbond substituents is 1. The SMILES string of the molecule is CC.CNC.CS(=O)N1CCN(Cc2ccc(O)c(Cl)c2)CC1. The summed E-state index contributed by atoms with van der Waals surface area (Å²) in [6.45, 7) is 8.27. The highest BCUT2D eigenvalue weighted by Crippen LogP contribution is 2.24. The Balaban J connectivity index is 0.000000868. The van der Waals surface area contributed by atoms with Crippen molar-refractivity contribution in [3.05, 3.63) is 28.8 Å². The fourth-order valence-corrected chi connectivity index (χ4v) is 2.93. The zero-order valence-corrected chi connectivity index (χ0v) is 16.4. The number of nitrogens with one attached hydrogen (secondary N) is 1. The summed E-state index contributed by atoms with van der Waals surface area (Å²) in [5.41, 5.74) is 1.09. The van der Waals surface area contributed by atoms with Crippen LogP contribution < -0.4 is 5.32 Å². The predicted octanol–water partition coefficient (Wildman–Crippen LogP) is 2.32. The lowest BCUT2D eigenvalue weighted by atomic mass is 10.2. The Hall–Kier alpha value is -0.660. The summed E-state index contributed by atoms with van der Waals surface area (Å²) < 4.78 is 13.3.